The highest BCUT2D eigenvalue weighted by molar-refractivity contribution is 7.81. The lowest BCUT2D eigenvalue weighted by Crippen LogP contribution is -2.46. The number of halogens is 2. The van der Waals surface area contributed by atoms with Crippen molar-refractivity contribution < 1.29 is 31.6 Å². The highest BCUT2D eigenvalue weighted by Gasteiger charge is 2.23. The van der Waals surface area contributed by atoms with Crippen LogP contribution < -0.4 is 22.1 Å². The number of likely N-dealkylation sites (tertiary alicyclic amines) is 1. The summed E-state index contributed by atoms with van der Waals surface area (Å²) in [7, 11) is -0.883. The normalized spacial score (nSPS) is 16.2. The minimum atomic E-state index is -0.883. The lowest BCUT2D eigenvalue weighted by atomic mass is 9.93. The van der Waals surface area contributed by atoms with E-state index in [1.165, 1.54) is 12.1 Å². The first-order valence-electron chi connectivity index (χ1n) is 16.8. The molecule has 2 aromatic heterocycles. The molecule has 2 saturated heterocycles. The Bertz CT molecular complexity index is 1790. The average molecular weight is 744 g/mol. The lowest BCUT2D eigenvalue weighted by molar-refractivity contribution is -0.122. The molecule has 282 valence electrons. The van der Waals surface area contributed by atoms with E-state index in [-0.39, 0.29) is 34.7 Å². The third kappa shape index (κ3) is 12.8. The Morgan fingerprint density at radius 3 is 1.90 bits per heavy atom. The number of nitrogen functional groups attached to an aromatic ring is 2. The number of urea groups is 1. The fourth-order valence-electron chi connectivity index (χ4n) is 5.70. The monoisotopic (exact) mass is 743 g/mol. The molecule has 0 aliphatic carbocycles. The first-order valence-corrected chi connectivity index (χ1v) is 18.3. The summed E-state index contributed by atoms with van der Waals surface area (Å²) in [4.78, 5) is 28.0. The zero-order chi connectivity index (χ0) is 37.8. The molecule has 52 heavy (non-hydrogen) atoms. The van der Waals surface area contributed by atoms with Crippen LogP contribution in [0.25, 0.3) is 0 Å². The summed E-state index contributed by atoms with van der Waals surface area (Å²) in [5, 5.41) is 12.1. The molecule has 2 amide bonds. The topological polar surface area (TPSA) is 189 Å². The van der Waals surface area contributed by atoms with Crippen molar-refractivity contribution in [2.24, 2.45) is 5.92 Å². The van der Waals surface area contributed by atoms with Gasteiger partial charge in [-0.15, -0.1) is 0 Å². The molecule has 6 rings (SSSR count). The molecule has 1 unspecified atom stereocenters. The molecule has 0 saturated carbocycles. The highest BCUT2D eigenvalue weighted by Crippen LogP contribution is 2.23. The van der Waals surface area contributed by atoms with Crippen molar-refractivity contribution in [3.63, 3.8) is 0 Å². The Hall–Kier alpha value is -4.71. The second-order valence-electron chi connectivity index (χ2n) is 12.7. The van der Waals surface area contributed by atoms with Crippen LogP contribution in [0.2, 0.25) is 0 Å². The van der Waals surface area contributed by atoms with Gasteiger partial charge in [0, 0.05) is 63.6 Å². The minimum absolute atomic E-state index is 0.101. The molecule has 2 fully saturated rings. The van der Waals surface area contributed by atoms with Crippen molar-refractivity contribution in [2.75, 3.05) is 67.6 Å². The van der Waals surface area contributed by atoms with Gasteiger partial charge in [0.15, 0.2) is 11.6 Å². The van der Waals surface area contributed by atoms with Crippen LogP contribution in [0.3, 0.4) is 0 Å². The van der Waals surface area contributed by atoms with Gasteiger partial charge in [-0.1, -0.05) is 22.4 Å². The molecule has 0 bridgehead atoms. The lowest BCUT2D eigenvalue weighted by Gasteiger charge is -2.33. The van der Waals surface area contributed by atoms with Gasteiger partial charge in [0.05, 0.1) is 22.4 Å². The number of Topliss-reactive ketones (excluding diaryl/α,β-unsaturated/α-hetero) is 1. The standard InChI is InChI=1S/C19H23FN4O3.C12H18FN3OS.C4H6N2O/c1-12-9-18(23-27-12)22-19(26)21-17-10-14(3-4-16(17)20)11-24-7-5-15(6-8-24)13(2)25;1-18(17)16-6-4-15(5-7-16)9-10-2-3-11(13)12(14)8-10;1-3-2-4(5)6-7-3/h3-4,9-10,15H,5-8,11H2,1-2H3,(H2,21,22,23,26);2-3,8H,4-7,9,14H2,1H3;2H,1H3,(H2,5,6). The van der Waals surface area contributed by atoms with Gasteiger partial charge in [0.1, 0.15) is 28.9 Å². The largest absolute Gasteiger partial charge is 0.396 e. The number of carbonyl (C=O) groups is 2. The van der Waals surface area contributed by atoms with Crippen LogP contribution in [-0.4, -0.2) is 86.0 Å². The number of hydrogen-bond donors (Lipinski definition) is 4. The molecule has 2 aromatic carbocycles. The third-order valence-corrected chi connectivity index (χ3v) is 9.62. The summed E-state index contributed by atoms with van der Waals surface area (Å²) < 4.78 is 49.8. The number of nitrogens with two attached hydrogens (primary N) is 2. The predicted molar refractivity (Wildman–Crippen MR) is 196 cm³/mol. The molecule has 14 nitrogen and oxygen atoms in total. The second kappa shape index (κ2) is 19.2. The molecule has 0 spiro atoms. The fraction of sp³-hybridized carbons (Fsp3) is 0.429. The van der Waals surface area contributed by atoms with E-state index in [9.17, 15) is 22.6 Å². The van der Waals surface area contributed by atoms with Crippen molar-refractivity contribution in [3.8, 4) is 0 Å². The summed E-state index contributed by atoms with van der Waals surface area (Å²) in [5.74, 6) is 1.52. The number of aryl methyl sites for hydroxylation is 2. The molecule has 17 heteroatoms. The second-order valence-corrected chi connectivity index (χ2v) is 14.1. The molecule has 2 aliphatic heterocycles. The van der Waals surface area contributed by atoms with Gasteiger partial charge in [0.25, 0.3) is 0 Å². The number of carbonyl (C=O) groups excluding carboxylic acids is 2. The Kier molecular flexibility index (Phi) is 14.8. The highest BCUT2D eigenvalue weighted by atomic mass is 32.2. The number of benzene rings is 2. The number of rotatable bonds is 8. The molecule has 4 heterocycles. The van der Waals surface area contributed by atoms with Gasteiger partial charge in [-0.2, -0.15) is 0 Å². The Balaban J connectivity index is 0.000000206. The molecular formula is C35H47F2N9O5S. The van der Waals surface area contributed by atoms with E-state index in [1.807, 2.05) is 4.31 Å². The zero-order valence-corrected chi connectivity index (χ0v) is 30.7. The summed E-state index contributed by atoms with van der Waals surface area (Å²) in [6.45, 7) is 11.6. The van der Waals surface area contributed by atoms with E-state index < -0.39 is 22.8 Å². The van der Waals surface area contributed by atoms with E-state index >= 15 is 0 Å². The summed E-state index contributed by atoms with van der Waals surface area (Å²) in [6, 6.07) is 12.2. The van der Waals surface area contributed by atoms with Crippen LogP contribution in [0, 0.1) is 31.4 Å². The average Bonchev–Trinajstić information content (AvgIpc) is 3.70. The van der Waals surface area contributed by atoms with E-state index in [0.717, 1.165) is 75.5 Å². The van der Waals surface area contributed by atoms with Crippen molar-refractivity contribution in [3.05, 3.63) is 82.8 Å². The van der Waals surface area contributed by atoms with Crippen LogP contribution in [-0.2, 0) is 28.9 Å². The zero-order valence-electron chi connectivity index (χ0n) is 29.9. The number of anilines is 4. The van der Waals surface area contributed by atoms with Gasteiger partial charge in [-0.25, -0.2) is 22.1 Å². The molecule has 4 aromatic rings. The summed E-state index contributed by atoms with van der Waals surface area (Å²) in [5.41, 5.74) is 12.9. The number of nitrogens with one attached hydrogen (secondary N) is 2. The van der Waals surface area contributed by atoms with Crippen molar-refractivity contribution in [1.82, 2.24) is 24.4 Å². The molecule has 0 radical (unpaired) electrons. The first kappa shape index (κ1) is 40.1. The first-order chi connectivity index (χ1) is 24.7. The van der Waals surface area contributed by atoms with Gasteiger partial charge in [-0.3, -0.25) is 19.9 Å². The van der Waals surface area contributed by atoms with Gasteiger partial charge in [0.2, 0.25) is 0 Å². The number of nitrogens with zero attached hydrogens (tertiary/aromatic N) is 5. The Labute approximate surface area is 304 Å². The maximum absolute atomic E-state index is 14.1. The smallest absolute Gasteiger partial charge is 0.325 e. The van der Waals surface area contributed by atoms with Crippen molar-refractivity contribution in [1.29, 1.82) is 0 Å². The molecule has 2 aliphatic rings. The number of piperidine rings is 1. The Morgan fingerprint density at radius 1 is 0.827 bits per heavy atom. The minimum Gasteiger partial charge on any atom is -0.396 e. The number of amides is 2. The maximum Gasteiger partial charge on any atom is 0.325 e. The van der Waals surface area contributed by atoms with Crippen LogP contribution in [0.4, 0.5) is 36.6 Å². The summed E-state index contributed by atoms with van der Waals surface area (Å²) >= 11 is 0. The van der Waals surface area contributed by atoms with E-state index in [2.05, 4.69) is 35.3 Å². The van der Waals surface area contributed by atoms with Gasteiger partial charge >= 0.3 is 6.03 Å². The number of ketones is 1. The quantitative estimate of drug-likeness (QED) is 0.179. The van der Waals surface area contributed by atoms with Crippen molar-refractivity contribution >= 4 is 45.8 Å². The number of aromatic nitrogens is 2. The van der Waals surface area contributed by atoms with Crippen LogP contribution >= 0.6 is 0 Å². The number of piperazine rings is 1. The van der Waals surface area contributed by atoms with Crippen LogP contribution in [0.15, 0.2) is 57.6 Å². The molecule has 1 atom stereocenters. The molecule has 6 N–H and O–H groups in total. The summed E-state index contributed by atoms with van der Waals surface area (Å²) in [6.07, 6.45) is 3.40. The van der Waals surface area contributed by atoms with E-state index in [1.54, 1.807) is 63.4 Å². The molecular weight excluding hydrogens is 697 g/mol. The Morgan fingerprint density at radius 2 is 1.40 bits per heavy atom. The van der Waals surface area contributed by atoms with E-state index in [0.29, 0.717) is 18.1 Å². The maximum atomic E-state index is 14.1. The van der Waals surface area contributed by atoms with Gasteiger partial charge < -0.3 is 25.8 Å². The third-order valence-electron chi connectivity index (χ3n) is 8.52. The fourth-order valence-corrected chi connectivity index (χ4v) is 6.38. The number of hydrogen-bond acceptors (Lipinski definition) is 11. The van der Waals surface area contributed by atoms with Gasteiger partial charge in [-0.05, 0) is 82.1 Å². The van der Waals surface area contributed by atoms with Crippen molar-refractivity contribution in [2.45, 2.75) is 46.7 Å². The SMILES string of the molecule is CC(=O)C1CCN(Cc2ccc(F)c(NC(=O)Nc3cc(C)on3)c2)CC1.CS(=O)N1CCN(Cc2ccc(F)c(N)c2)CC1.Cc1cc(N)no1. The predicted octanol–water partition coefficient (Wildman–Crippen LogP) is 4.95. The van der Waals surface area contributed by atoms with Crippen LogP contribution in [0.1, 0.15) is 42.4 Å². The van der Waals surface area contributed by atoms with Crippen LogP contribution in [0.5, 0.6) is 0 Å². The van der Waals surface area contributed by atoms with E-state index in [4.69, 9.17) is 16.0 Å².